The van der Waals surface area contributed by atoms with Crippen molar-refractivity contribution in [2.24, 2.45) is 16.3 Å². The van der Waals surface area contributed by atoms with E-state index in [2.05, 4.69) is 10.5 Å². The fourth-order valence-electron chi connectivity index (χ4n) is 2.85. The van der Waals surface area contributed by atoms with Gasteiger partial charge in [-0.15, -0.1) is 0 Å². The molecule has 1 saturated heterocycles. The Balaban J connectivity index is 2.75. The molecule has 6 nitrogen and oxygen atoms in total. The number of oxime groups is 1. The van der Waals surface area contributed by atoms with Crippen LogP contribution in [0.15, 0.2) is 5.16 Å². The number of ether oxygens (including phenoxy) is 1. The number of carbonyl (C=O) groups is 1. The highest BCUT2D eigenvalue weighted by Gasteiger charge is 2.41. The van der Waals surface area contributed by atoms with Gasteiger partial charge in [0.15, 0.2) is 5.84 Å². The predicted octanol–water partition coefficient (Wildman–Crippen LogP) is 1.61. The monoisotopic (exact) mass is 285 g/mol. The largest absolute Gasteiger partial charge is 0.409 e. The lowest BCUT2D eigenvalue weighted by atomic mass is 9.77. The number of nitrogens with one attached hydrogen (secondary N) is 1. The van der Waals surface area contributed by atoms with Crippen molar-refractivity contribution in [3.8, 4) is 0 Å². The molecule has 1 unspecified atom stereocenters. The zero-order chi connectivity index (χ0) is 15.0. The van der Waals surface area contributed by atoms with Gasteiger partial charge in [0.1, 0.15) is 5.41 Å². The van der Waals surface area contributed by atoms with Gasteiger partial charge in [0.25, 0.3) is 0 Å². The molecule has 0 saturated carbocycles. The molecule has 4 N–H and O–H groups in total. The third-order valence-electron chi connectivity index (χ3n) is 3.90. The van der Waals surface area contributed by atoms with Crippen LogP contribution < -0.4 is 11.1 Å². The molecule has 1 fully saturated rings. The first-order valence-electron chi connectivity index (χ1n) is 7.48. The van der Waals surface area contributed by atoms with Crippen molar-refractivity contribution in [3.63, 3.8) is 0 Å². The Bertz CT molecular complexity index is 333. The van der Waals surface area contributed by atoms with Gasteiger partial charge >= 0.3 is 0 Å². The van der Waals surface area contributed by atoms with E-state index in [0.717, 1.165) is 32.3 Å². The van der Waals surface area contributed by atoms with E-state index < -0.39 is 5.41 Å². The van der Waals surface area contributed by atoms with Crippen LogP contribution in [0.3, 0.4) is 0 Å². The van der Waals surface area contributed by atoms with Crippen LogP contribution in [0.5, 0.6) is 0 Å². The SMILES string of the molecule is CCCC(CCC)(C(=O)NCC1CCCO1)C(N)=NO. The van der Waals surface area contributed by atoms with Crippen LogP contribution in [0.1, 0.15) is 52.4 Å². The third-order valence-corrected chi connectivity index (χ3v) is 3.90. The maximum atomic E-state index is 12.6. The second kappa shape index (κ2) is 8.09. The zero-order valence-electron chi connectivity index (χ0n) is 12.5. The number of rotatable bonds is 8. The minimum absolute atomic E-state index is 0.00559. The quantitative estimate of drug-likeness (QED) is 0.273. The molecular weight excluding hydrogens is 258 g/mol. The molecule has 1 atom stereocenters. The predicted molar refractivity (Wildman–Crippen MR) is 77.6 cm³/mol. The van der Waals surface area contributed by atoms with E-state index in [1.54, 1.807) is 0 Å². The normalized spacial score (nSPS) is 20.1. The van der Waals surface area contributed by atoms with Crippen LogP contribution in [0.25, 0.3) is 0 Å². The molecule has 20 heavy (non-hydrogen) atoms. The molecule has 0 radical (unpaired) electrons. The Labute approximate surface area is 120 Å². The van der Waals surface area contributed by atoms with Gasteiger partial charge in [0.05, 0.1) is 6.10 Å². The molecule has 1 heterocycles. The summed E-state index contributed by atoms with van der Waals surface area (Å²) in [5.74, 6) is -0.155. The van der Waals surface area contributed by atoms with Crippen molar-refractivity contribution >= 4 is 11.7 Å². The maximum absolute atomic E-state index is 12.6. The highest BCUT2D eigenvalue weighted by atomic mass is 16.5. The van der Waals surface area contributed by atoms with Gasteiger partial charge in [-0.2, -0.15) is 0 Å². The fourth-order valence-corrected chi connectivity index (χ4v) is 2.85. The van der Waals surface area contributed by atoms with Crippen LogP contribution in [0.2, 0.25) is 0 Å². The summed E-state index contributed by atoms with van der Waals surface area (Å²) in [5, 5.41) is 15.0. The number of nitrogens with zero attached hydrogens (tertiary/aromatic N) is 1. The van der Waals surface area contributed by atoms with Crippen LogP contribution >= 0.6 is 0 Å². The number of carbonyl (C=O) groups excluding carboxylic acids is 1. The average molecular weight is 285 g/mol. The lowest BCUT2D eigenvalue weighted by Gasteiger charge is -2.31. The van der Waals surface area contributed by atoms with Crippen molar-refractivity contribution in [2.75, 3.05) is 13.2 Å². The van der Waals surface area contributed by atoms with E-state index in [1.165, 1.54) is 0 Å². The van der Waals surface area contributed by atoms with Crippen molar-refractivity contribution in [2.45, 2.75) is 58.5 Å². The van der Waals surface area contributed by atoms with Gasteiger partial charge < -0.3 is 21.0 Å². The van der Waals surface area contributed by atoms with Crippen molar-refractivity contribution in [3.05, 3.63) is 0 Å². The second-order valence-corrected chi connectivity index (χ2v) is 5.41. The molecule has 0 aromatic rings. The Morgan fingerprint density at radius 2 is 2.10 bits per heavy atom. The zero-order valence-corrected chi connectivity index (χ0v) is 12.5. The Morgan fingerprint density at radius 1 is 1.45 bits per heavy atom. The first-order valence-corrected chi connectivity index (χ1v) is 7.48. The summed E-state index contributed by atoms with van der Waals surface area (Å²) in [4.78, 5) is 12.6. The van der Waals surface area contributed by atoms with Crippen molar-refractivity contribution < 1.29 is 14.7 Å². The van der Waals surface area contributed by atoms with E-state index in [4.69, 9.17) is 15.7 Å². The molecule has 0 aliphatic carbocycles. The standard InChI is InChI=1S/C14H27N3O3/c1-3-7-14(8-4-2,12(15)17-19)13(18)16-10-11-6-5-9-20-11/h11,19H,3-10H2,1-2H3,(H2,15,17)(H,16,18). The summed E-state index contributed by atoms with van der Waals surface area (Å²) >= 11 is 0. The van der Waals surface area contributed by atoms with E-state index in [-0.39, 0.29) is 17.8 Å². The van der Waals surface area contributed by atoms with Gasteiger partial charge in [-0.05, 0) is 25.7 Å². The average Bonchev–Trinajstić information content (AvgIpc) is 2.96. The second-order valence-electron chi connectivity index (χ2n) is 5.41. The van der Waals surface area contributed by atoms with Crippen LogP contribution in [-0.2, 0) is 9.53 Å². The topological polar surface area (TPSA) is 96.9 Å². The van der Waals surface area contributed by atoms with E-state index in [9.17, 15) is 4.79 Å². The number of amidine groups is 1. The van der Waals surface area contributed by atoms with E-state index in [1.807, 2.05) is 13.8 Å². The molecule has 0 spiro atoms. The molecule has 1 aliphatic rings. The van der Waals surface area contributed by atoms with Crippen molar-refractivity contribution in [1.82, 2.24) is 5.32 Å². The number of nitrogens with two attached hydrogens (primary N) is 1. The van der Waals surface area contributed by atoms with Crippen molar-refractivity contribution in [1.29, 1.82) is 0 Å². The van der Waals surface area contributed by atoms with Gasteiger partial charge in [0, 0.05) is 13.2 Å². The summed E-state index contributed by atoms with van der Waals surface area (Å²) in [5.41, 5.74) is 4.91. The molecule has 1 amide bonds. The van der Waals surface area contributed by atoms with E-state index in [0.29, 0.717) is 19.4 Å². The Morgan fingerprint density at radius 3 is 2.55 bits per heavy atom. The van der Waals surface area contributed by atoms with Crippen LogP contribution in [-0.4, -0.2) is 36.2 Å². The number of hydrogen-bond donors (Lipinski definition) is 3. The van der Waals surface area contributed by atoms with E-state index >= 15 is 0 Å². The highest BCUT2D eigenvalue weighted by Crippen LogP contribution is 2.31. The summed E-state index contributed by atoms with van der Waals surface area (Å²) in [6.07, 6.45) is 4.84. The maximum Gasteiger partial charge on any atom is 0.234 e. The van der Waals surface area contributed by atoms with Crippen LogP contribution in [0, 0.1) is 5.41 Å². The highest BCUT2D eigenvalue weighted by molar-refractivity contribution is 6.06. The van der Waals surface area contributed by atoms with Gasteiger partial charge in [-0.1, -0.05) is 31.8 Å². The number of hydrogen-bond acceptors (Lipinski definition) is 4. The lowest BCUT2D eigenvalue weighted by Crippen LogP contribution is -2.51. The summed E-state index contributed by atoms with van der Waals surface area (Å²) in [6, 6.07) is 0. The fraction of sp³-hybridized carbons (Fsp3) is 0.857. The molecule has 6 heteroatoms. The molecule has 1 aliphatic heterocycles. The minimum Gasteiger partial charge on any atom is -0.409 e. The molecule has 0 aromatic carbocycles. The summed E-state index contributed by atoms with van der Waals surface area (Å²) in [7, 11) is 0. The van der Waals surface area contributed by atoms with Gasteiger partial charge in [0.2, 0.25) is 5.91 Å². The number of amides is 1. The molecule has 116 valence electrons. The Hall–Kier alpha value is -1.30. The summed E-state index contributed by atoms with van der Waals surface area (Å²) < 4.78 is 5.50. The molecule has 1 rings (SSSR count). The molecular formula is C14H27N3O3. The molecule has 0 bridgehead atoms. The van der Waals surface area contributed by atoms with Crippen LogP contribution in [0.4, 0.5) is 0 Å². The lowest BCUT2D eigenvalue weighted by molar-refractivity contribution is -0.128. The smallest absolute Gasteiger partial charge is 0.234 e. The molecule has 0 aromatic heterocycles. The third kappa shape index (κ3) is 3.85. The first kappa shape index (κ1) is 16.8. The van der Waals surface area contributed by atoms with Gasteiger partial charge in [-0.25, -0.2) is 0 Å². The Kier molecular flexibility index (Phi) is 6.78. The minimum atomic E-state index is -0.906. The first-order chi connectivity index (χ1) is 9.60. The summed E-state index contributed by atoms with van der Waals surface area (Å²) in [6.45, 7) is 5.23. The van der Waals surface area contributed by atoms with Gasteiger partial charge in [-0.3, -0.25) is 4.79 Å².